The zero-order valence-electron chi connectivity index (χ0n) is 18.6. The molecule has 0 aromatic heterocycles. The van der Waals surface area contributed by atoms with E-state index in [1.807, 2.05) is 17.0 Å². The molecule has 166 valence electrons. The monoisotopic (exact) mass is 427 g/mol. The minimum atomic E-state index is -0.225. The number of ether oxygens (including phenoxy) is 1. The highest BCUT2D eigenvalue weighted by molar-refractivity contribution is 5.77. The van der Waals surface area contributed by atoms with Gasteiger partial charge in [-0.15, -0.1) is 0 Å². The molecule has 1 saturated carbocycles. The van der Waals surface area contributed by atoms with Gasteiger partial charge in [0, 0.05) is 23.7 Å². The van der Waals surface area contributed by atoms with Gasteiger partial charge < -0.3 is 19.4 Å². The Kier molecular flexibility index (Phi) is 6.88. The average molecular weight is 428 g/mol. The summed E-state index contributed by atoms with van der Waals surface area (Å²) in [5.74, 6) is 0.887. The minimum Gasteiger partial charge on any atom is -0.496 e. The number of hydrogen-bond donors (Lipinski definition) is 2. The van der Waals surface area contributed by atoms with Gasteiger partial charge in [0.25, 0.3) is 5.91 Å². The van der Waals surface area contributed by atoms with Gasteiger partial charge in [-0.2, -0.15) is 0 Å². The highest BCUT2D eigenvalue weighted by atomic mass is 19.1. The van der Waals surface area contributed by atoms with Gasteiger partial charge in [0.2, 0.25) is 0 Å². The lowest BCUT2D eigenvalue weighted by atomic mass is 10.1. The second kappa shape index (κ2) is 9.79. The van der Waals surface area contributed by atoms with E-state index >= 15 is 0 Å². The topological polar surface area (TPSA) is 38.4 Å². The van der Waals surface area contributed by atoms with E-state index in [-0.39, 0.29) is 17.8 Å². The van der Waals surface area contributed by atoms with E-state index in [2.05, 4.69) is 19.1 Å². The first kappa shape index (κ1) is 21.8. The third-order valence-electron chi connectivity index (χ3n) is 6.55. The Morgan fingerprint density at radius 2 is 1.77 bits per heavy atom. The van der Waals surface area contributed by atoms with E-state index < -0.39 is 0 Å². The maximum atomic E-state index is 14.1. The van der Waals surface area contributed by atoms with E-state index in [1.54, 1.807) is 19.2 Å². The molecule has 1 aliphatic heterocycles. The lowest BCUT2D eigenvalue weighted by Crippen LogP contribution is -3.28. The Labute approximate surface area is 184 Å². The third kappa shape index (κ3) is 5.63. The average Bonchev–Trinajstić information content (AvgIpc) is 3.60. The third-order valence-corrected chi connectivity index (χ3v) is 6.55. The maximum absolute atomic E-state index is 14.1. The minimum absolute atomic E-state index is 0.157. The van der Waals surface area contributed by atoms with Gasteiger partial charge >= 0.3 is 0 Å². The van der Waals surface area contributed by atoms with Crippen molar-refractivity contribution in [1.82, 2.24) is 4.90 Å². The van der Waals surface area contributed by atoms with Crippen LogP contribution in [0.3, 0.4) is 0 Å². The Morgan fingerprint density at radius 1 is 1.06 bits per heavy atom. The molecule has 1 saturated heterocycles. The van der Waals surface area contributed by atoms with Gasteiger partial charge in [0.15, 0.2) is 6.54 Å². The maximum Gasteiger partial charge on any atom is 0.278 e. The van der Waals surface area contributed by atoms with E-state index in [0.29, 0.717) is 18.7 Å². The van der Waals surface area contributed by atoms with Crippen LogP contribution in [-0.4, -0.2) is 56.7 Å². The number of aryl methyl sites for hydroxylation is 1. The van der Waals surface area contributed by atoms with Gasteiger partial charge in [-0.05, 0) is 38.0 Å². The molecule has 2 fully saturated rings. The summed E-state index contributed by atoms with van der Waals surface area (Å²) in [7, 11) is 1.73. The first-order chi connectivity index (χ1) is 15.0. The van der Waals surface area contributed by atoms with Gasteiger partial charge in [-0.1, -0.05) is 29.8 Å². The fourth-order valence-electron chi connectivity index (χ4n) is 4.56. The summed E-state index contributed by atoms with van der Waals surface area (Å²) >= 11 is 0. The molecule has 6 heteroatoms. The molecule has 0 atom stereocenters. The summed E-state index contributed by atoms with van der Waals surface area (Å²) in [6, 6.07) is 13.4. The summed E-state index contributed by atoms with van der Waals surface area (Å²) in [4.78, 5) is 17.8. The first-order valence-electron chi connectivity index (χ1n) is 11.4. The highest BCUT2D eigenvalue weighted by Crippen LogP contribution is 2.28. The number of amides is 1. The van der Waals surface area contributed by atoms with Crippen LogP contribution in [-0.2, 0) is 17.9 Å². The molecule has 1 heterocycles. The Morgan fingerprint density at radius 3 is 2.45 bits per heavy atom. The Bertz CT molecular complexity index is 907. The number of nitrogens with one attached hydrogen (secondary N) is 2. The van der Waals surface area contributed by atoms with Crippen LogP contribution in [0, 0.1) is 12.7 Å². The van der Waals surface area contributed by atoms with E-state index in [4.69, 9.17) is 4.74 Å². The lowest BCUT2D eigenvalue weighted by molar-refractivity contribution is -1.02. The molecule has 0 radical (unpaired) electrons. The number of carbonyl (C=O) groups excluding carboxylic acids is 1. The lowest BCUT2D eigenvalue weighted by Gasteiger charge is -2.31. The van der Waals surface area contributed by atoms with Crippen LogP contribution in [0.15, 0.2) is 42.5 Å². The molecule has 2 aromatic carbocycles. The summed E-state index contributed by atoms with van der Waals surface area (Å²) < 4.78 is 19.6. The van der Waals surface area contributed by atoms with Crippen LogP contribution < -0.4 is 14.5 Å². The second-order valence-corrected chi connectivity index (χ2v) is 9.01. The van der Waals surface area contributed by atoms with Crippen LogP contribution in [0.25, 0.3) is 0 Å². The van der Waals surface area contributed by atoms with Crippen molar-refractivity contribution >= 4 is 5.91 Å². The van der Waals surface area contributed by atoms with Crippen molar-refractivity contribution in [3.8, 4) is 5.75 Å². The van der Waals surface area contributed by atoms with Crippen molar-refractivity contribution in [3.63, 3.8) is 0 Å². The second-order valence-electron chi connectivity index (χ2n) is 9.01. The molecular weight excluding hydrogens is 393 g/mol. The smallest absolute Gasteiger partial charge is 0.278 e. The molecular formula is C25H34FN3O2+2. The molecule has 2 aromatic rings. The number of piperazine rings is 1. The zero-order valence-corrected chi connectivity index (χ0v) is 18.6. The largest absolute Gasteiger partial charge is 0.496 e. The van der Waals surface area contributed by atoms with Crippen molar-refractivity contribution in [2.75, 3.05) is 39.8 Å². The summed E-state index contributed by atoms with van der Waals surface area (Å²) in [6.07, 6.45) is 2.07. The molecule has 2 N–H and O–H groups in total. The van der Waals surface area contributed by atoms with Crippen LogP contribution in [0.2, 0.25) is 0 Å². The number of hydrogen-bond acceptors (Lipinski definition) is 2. The number of quaternary nitrogens is 2. The van der Waals surface area contributed by atoms with Crippen molar-refractivity contribution in [1.29, 1.82) is 0 Å². The standard InChI is InChI=1S/C25H32FN3O2/c1-19-7-10-24(31-2)21(15-19)16-27-11-13-28(14-12-27)18-25(30)29(22-8-9-22)17-20-5-3-4-6-23(20)26/h3-7,10,15,22H,8-9,11-14,16-18H2,1-2H3/p+2. The van der Waals surface area contributed by atoms with E-state index in [1.165, 1.54) is 27.0 Å². The van der Waals surface area contributed by atoms with Crippen molar-refractivity contribution in [2.24, 2.45) is 0 Å². The molecule has 2 aliphatic rings. The molecule has 0 unspecified atom stereocenters. The SMILES string of the molecule is COc1ccc(C)cc1C[NH+]1CC[NH+](CC(=O)N(Cc2ccccc2F)C2CC2)CC1. The molecule has 5 nitrogen and oxygen atoms in total. The number of halogens is 1. The van der Waals surface area contributed by atoms with Gasteiger partial charge in [-0.3, -0.25) is 4.79 Å². The summed E-state index contributed by atoms with van der Waals surface area (Å²) in [5, 5.41) is 0. The predicted octanol–water partition coefficient (Wildman–Crippen LogP) is 0.617. The first-order valence-corrected chi connectivity index (χ1v) is 11.4. The molecule has 31 heavy (non-hydrogen) atoms. The van der Waals surface area contributed by atoms with Gasteiger partial charge in [0.1, 0.15) is 44.3 Å². The fourth-order valence-corrected chi connectivity index (χ4v) is 4.56. The normalized spacial score (nSPS) is 21.0. The zero-order chi connectivity index (χ0) is 21.8. The molecule has 1 aliphatic carbocycles. The van der Waals surface area contributed by atoms with Crippen LogP contribution in [0.1, 0.15) is 29.5 Å². The van der Waals surface area contributed by atoms with Gasteiger partial charge in [-0.25, -0.2) is 4.39 Å². The number of benzene rings is 2. The number of methoxy groups -OCH3 is 1. The molecule has 0 bridgehead atoms. The molecule has 0 spiro atoms. The van der Waals surface area contributed by atoms with Crippen LogP contribution in [0.5, 0.6) is 5.75 Å². The van der Waals surface area contributed by atoms with Gasteiger partial charge in [0.05, 0.1) is 7.11 Å². The Balaban J connectivity index is 1.30. The number of rotatable bonds is 8. The van der Waals surface area contributed by atoms with Crippen molar-refractivity contribution in [3.05, 3.63) is 65.0 Å². The van der Waals surface area contributed by atoms with E-state index in [0.717, 1.165) is 51.3 Å². The van der Waals surface area contributed by atoms with Crippen LogP contribution in [0.4, 0.5) is 4.39 Å². The summed E-state index contributed by atoms with van der Waals surface area (Å²) in [5.41, 5.74) is 3.11. The van der Waals surface area contributed by atoms with Crippen molar-refractivity contribution in [2.45, 2.75) is 38.9 Å². The molecule has 4 rings (SSSR count). The number of nitrogens with zero attached hydrogens (tertiary/aromatic N) is 1. The predicted molar refractivity (Wildman–Crippen MR) is 118 cm³/mol. The Hall–Kier alpha value is -2.44. The van der Waals surface area contributed by atoms with Crippen molar-refractivity contribution < 1.29 is 23.7 Å². The highest BCUT2D eigenvalue weighted by Gasteiger charge is 2.35. The number of carbonyl (C=O) groups is 1. The fraction of sp³-hybridized carbons (Fsp3) is 0.480. The molecule has 1 amide bonds. The van der Waals surface area contributed by atoms with Crippen LogP contribution >= 0.6 is 0 Å². The quantitative estimate of drug-likeness (QED) is 0.648. The van der Waals surface area contributed by atoms with E-state index in [9.17, 15) is 9.18 Å². The summed E-state index contributed by atoms with van der Waals surface area (Å²) in [6.45, 7) is 7.99.